The van der Waals surface area contributed by atoms with Crippen LogP contribution < -0.4 is 0 Å². The third-order valence-corrected chi connectivity index (χ3v) is 9.81. The van der Waals surface area contributed by atoms with Crippen LogP contribution in [0.15, 0.2) is 84.3 Å². The summed E-state index contributed by atoms with van der Waals surface area (Å²) >= 11 is 18.6. The molecule has 0 spiro atoms. The summed E-state index contributed by atoms with van der Waals surface area (Å²) in [7, 11) is 0. The lowest BCUT2D eigenvalue weighted by atomic mass is 9.91. The number of hydrogen-bond donors (Lipinski definition) is 1. The zero-order valence-corrected chi connectivity index (χ0v) is 28.0. The second-order valence-corrected chi connectivity index (χ2v) is 13.0. The van der Waals surface area contributed by atoms with Crippen molar-refractivity contribution in [1.82, 2.24) is 0 Å². The fourth-order valence-corrected chi connectivity index (χ4v) is 6.95. The normalized spacial score (nSPS) is 15.0. The zero-order valence-electron chi connectivity index (χ0n) is 25.7. The summed E-state index contributed by atoms with van der Waals surface area (Å²) in [5, 5.41) is 12.3. The van der Waals surface area contributed by atoms with E-state index < -0.39 is 0 Å². The lowest BCUT2D eigenvalue weighted by Crippen LogP contribution is -2.06. The van der Waals surface area contributed by atoms with Gasteiger partial charge in [-0.15, -0.1) is 0 Å². The largest absolute Gasteiger partial charge is 0.512 e. The number of hydrogen-bond acceptors (Lipinski definition) is 4. The van der Waals surface area contributed by atoms with Gasteiger partial charge in [0.2, 0.25) is 0 Å². The Balaban J connectivity index is 1.31. The summed E-state index contributed by atoms with van der Waals surface area (Å²) in [5.41, 5.74) is 9.42. The lowest BCUT2D eigenvalue weighted by molar-refractivity contribution is -0.114. The van der Waals surface area contributed by atoms with Gasteiger partial charge >= 0.3 is 0 Å². The molecule has 0 aromatic heterocycles. The van der Waals surface area contributed by atoms with Gasteiger partial charge in [0, 0.05) is 37.1 Å². The fraction of sp³-hybridized carbons (Fsp3) is 0.231. The van der Waals surface area contributed by atoms with Crippen LogP contribution in [0.4, 0.5) is 0 Å². The molecular formula is C39H33Cl3O4. The van der Waals surface area contributed by atoms with Crippen LogP contribution in [-0.4, -0.2) is 23.3 Å². The molecule has 0 atom stereocenters. The second kappa shape index (κ2) is 13.5. The van der Waals surface area contributed by atoms with Gasteiger partial charge < -0.3 is 9.84 Å². The van der Waals surface area contributed by atoms with E-state index in [4.69, 9.17) is 39.5 Å². The van der Waals surface area contributed by atoms with Gasteiger partial charge in [-0.3, -0.25) is 9.59 Å². The van der Waals surface area contributed by atoms with Crippen molar-refractivity contribution in [2.75, 3.05) is 6.61 Å². The Bertz CT molecular complexity index is 1950. The molecule has 0 radical (unpaired) electrons. The molecule has 0 heterocycles. The molecule has 0 saturated heterocycles. The number of benzene rings is 4. The molecule has 46 heavy (non-hydrogen) atoms. The van der Waals surface area contributed by atoms with Crippen LogP contribution in [0.25, 0.3) is 33.4 Å². The molecule has 1 N–H and O–H groups in total. The van der Waals surface area contributed by atoms with E-state index >= 15 is 0 Å². The highest BCUT2D eigenvalue weighted by molar-refractivity contribution is 6.42. The highest BCUT2D eigenvalue weighted by atomic mass is 35.5. The standard InChI is InChI=1S/C39H33Cl3O4/c1-3-23-4-7-27(29-10-9-28(40)18-22(29)2)20-30(23)39-36(45)14-15-37(39)46-17-16-24-5-6-25(26-8-11-32(41)33(42)21-26)19-31(24)38-34(43)12-13-35(38)44/h4-11,18-21,43H,3,12-17H2,1-2H3. The number of carbonyl (C=O) groups is 2. The molecule has 234 valence electrons. The number of rotatable bonds is 9. The number of Topliss-reactive ketones (excluding diaryl/α,β-unsaturated/α-hetero) is 2. The van der Waals surface area contributed by atoms with Gasteiger partial charge in [-0.25, -0.2) is 0 Å². The van der Waals surface area contributed by atoms with E-state index in [2.05, 4.69) is 25.1 Å². The summed E-state index contributed by atoms with van der Waals surface area (Å²) in [6.07, 6.45) is 2.80. The predicted molar refractivity (Wildman–Crippen MR) is 188 cm³/mol. The Labute approximate surface area is 284 Å². The topological polar surface area (TPSA) is 63.6 Å². The molecule has 4 aromatic rings. The van der Waals surface area contributed by atoms with E-state index in [1.54, 1.807) is 12.1 Å². The highest BCUT2D eigenvalue weighted by Crippen LogP contribution is 2.39. The first-order valence-corrected chi connectivity index (χ1v) is 16.6. The quantitative estimate of drug-likeness (QED) is 0.192. The van der Waals surface area contributed by atoms with Crippen molar-refractivity contribution in [2.45, 2.75) is 52.4 Å². The SMILES string of the molecule is CCc1ccc(-c2ccc(Cl)cc2C)cc1C1=C(OCCc2ccc(-c3ccc(Cl)c(Cl)c3)cc2C2=C(O)CCC2=O)CCC1=O. The van der Waals surface area contributed by atoms with Crippen molar-refractivity contribution in [2.24, 2.45) is 0 Å². The Morgan fingerprint density at radius 1 is 0.674 bits per heavy atom. The third kappa shape index (κ3) is 6.40. The average Bonchev–Trinajstić information content (AvgIpc) is 3.58. The van der Waals surface area contributed by atoms with Gasteiger partial charge in [0.05, 0.1) is 27.8 Å². The molecule has 7 heteroatoms. The van der Waals surface area contributed by atoms with Gasteiger partial charge in [0.15, 0.2) is 11.6 Å². The molecule has 2 aliphatic carbocycles. The highest BCUT2D eigenvalue weighted by Gasteiger charge is 2.29. The van der Waals surface area contributed by atoms with Crippen molar-refractivity contribution < 1.29 is 19.4 Å². The van der Waals surface area contributed by atoms with Gasteiger partial charge in [0.25, 0.3) is 0 Å². The monoisotopic (exact) mass is 670 g/mol. The smallest absolute Gasteiger partial charge is 0.167 e. The molecule has 0 unspecified atom stereocenters. The van der Waals surface area contributed by atoms with E-state index in [9.17, 15) is 14.7 Å². The molecule has 0 saturated carbocycles. The van der Waals surface area contributed by atoms with Crippen LogP contribution in [-0.2, 0) is 27.2 Å². The number of halogens is 3. The van der Waals surface area contributed by atoms with Gasteiger partial charge in [-0.2, -0.15) is 0 Å². The summed E-state index contributed by atoms with van der Waals surface area (Å²) in [6.45, 7) is 4.43. The number of aryl methyl sites for hydroxylation is 2. The maximum Gasteiger partial charge on any atom is 0.167 e. The zero-order chi connectivity index (χ0) is 32.5. The molecule has 4 aromatic carbocycles. The minimum atomic E-state index is -0.0831. The number of carbonyl (C=O) groups excluding carboxylic acids is 2. The van der Waals surface area contributed by atoms with Gasteiger partial charge in [-0.1, -0.05) is 78.1 Å². The molecule has 0 aliphatic heterocycles. The van der Waals surface area contributed by atoms with Crippen molar-refractivity contribution in [1.29, 1.82) is 0 Å². The van der Waals surface area contributed by atoms with Gasteiger partial charge in [0.1, 0.15) is 11.5 Å². The van der Waals surface area contributed by atoms with Crippen molar-refractivity contribution in [3.63, 3.8) is 0 Å². The third-order valence-electron chi connectivity index (χ3n) is 8.83. The number of ketones is 2. The molecule has 2 aliphatic rings. The van der Waals surface area contributed by atoms with Crippen LogP contribution in [0, 0.1) is 6.92 Å². The number of aliphatic hydroxyl groups excluding tert-OH is 1. The molecule has 0 amide bonds. The first kappa shape index (κ1) is 32.1. The van der Waals surface area contributed by atoms with E-state index in [0.29, 0.717) is 69.8 Å². The molecular weight excluding hydrogens is 639 g/mol. The summed E-state index contributed by atoms with van der Waals surface area (Å²) in [4.78, 5) is 26.2. The summed E-state index contributed by atoms with van der Waals surface area (Å²) < 4.78 is 6.39. The molecule has 6 rings (SSSR count). The Morgan fingerprint density at radius 3 is 2.04 bits per heavy atom. The molecule has 0 fully saturated rings. The van der Waals surface area contributed by atoms with E-state index in [0.717, 1.165) is 50.9 Å². The Morgan fingerprint density at radius 2 is 1.33 bits per heavy atom. The first-order valence-electron chi connectivity index (χ1n) is 15.5. The van der Waals surface area contributed by atoms with Crippen LogP contribution in [0.2, 0.25) is 15.1 Å². The van der Waals surface area contributed by atoms with Crippen LogP contribution in [0.1, 0.15) is 60.4 Å². The van der Waals surface area contributed by atoms with Crippen molar-refractivity contribution >= 4 is 57.5 Å². The summed E-state index contributed by atoms with van der Waals surface area (Å²) in [5.74, 6) is 0.790. The predicted octanol–water partition coefficient (Wildman–Crippen LogP) is 10.8. The molecule has 0 bridgehead atoms. The summed E-state index contributed by atoms with van der Waals surface area (Å²) in [6, 6.07) is 23.4. The number of allylic oxidation sites excluding steroid dienone is 4. The van der Waals surface area contributed by atoms with Crippen molar-refractivity contribution in [3.8, 4) is 22.3 Å². The first-order chi connectivity index (χ1) is 22.1. The number of ether oxygens (including phenoxy) is 1. The maximum atomic E-state index is 13.3. The Hall–Kier alpha value is -3.83. The fourth-order valence-electron chi connectivity index (χ4n) is 6.43. The van der Waals surface area contributed by atoms with E-state index in [1.165, 1.54) is 0 Å². The Kier molecular flexibility index (Phi) is 9.42. The van der Waals surface area contributed by atoms with E-state index in [1.807, 2.05) is 49.4 Å². The number of aliphatic hydroxyl groups is 1. The second-order valence-electron chi connectivity index (χ2n) is 11.8. The lowest BCUT2D eigenvalue weighted by Gasteiger charge is -2.16. The van der Waals surface area contributed by atoms with Gasteiger partial charge in [-0.05, 0) is 99.8 Å². The van der Waals surface area contributed by atoms with Crippen LogP contribution >= 0.6 is 34.8 Å². The molecule has 4 nitrogen and oxygen atoms in total. The van der Waals surface area contributed by atoms with Crippen LogP contribution in [0.5, 0.6) is 0 Å². The van der Waals surface area contributed by atoms with Crippen molar-refractivity contribution in [3.05, 3.63) is 127 Å². The van der Waals surface area contributed by atoms with E-state index in [-0.39, 0.29) is 23.7 Å². The average molecular weight is 672 g/mol. The van der Waals surface area contributed by atoms with Crippen LogP contribution in [0.3, 0.4) is 0 Å². The minimum Gasteiger partial charge on any atom is -0.512 e. The minimum absolute atomic E-state index is 0.0768. The maximum absolute atomic E-state index is 13.3.